The highest BCUT2D eigenvalue weighted by molar-refractivity contribution is 5.80. The Labute approximate surface area is 129 Å². The van der Waals surface area contributed by atoms with Gasteiger partial charge in [0.15, 0.2) is 0 Å². The summed E-state index contributed by atoms with van der Waals surface area (Å²) in [5, 5.41) is 2.74. The van der Waals surface area contributed by atoms with Crippen molar-refractivity contribution in [1.29, 1.82) is 0 Å². The molecule has 0 aromatic heterocycles. The first-order valence-electron chi connectivity index (χ1n) is 7.04. The summed E-state index contributed by atoms with van der Waals surface area (Å²) in [4.78, 5) is 11.4. The third-order valence-corrected chi connectivity index (χ3v) is 3.10. The Bertz CT molecular complexity index is 627. The third kappa shape index (κ3) is 4.86. The number of benzene rings is 2. The zero-order valence-corrected chi connectivity index (χ0v) is 12.4. The Morgan fingerprint density at radius 1 is 1.23 bits per heavy atom. The van der Waals surface area contributed by atoms with Gasteiger partial charge in [-0.1, -0.05) is 24.3 Å². The van der Waals surface area contributed by atoms with Gasteiger partial charge in [0, 0.05) is 6.54 Å². The highest BCUT2D eigenvalue weighted by Crippen LogP contribution is 2.14. The fourth-order valence-corrected chi connectivity index (χ4v) is 1.85. The van der Waals surface area contributed by atoms with Crippen LogP contribution >= 0.6 is 0 Å². The van der Waals surface area contributed by atoms with E-state index in [4.69, 9.17) is 10.5 Å². The van der Waals surface area contributed by atoms with Crippen LogP contribution in [-0.4, -0.2) is 11.9 Å². The number of hydrogen-bond acceptors (Lipinski definition) is 3. The predicted molar refractivity (Wildman–Crippen MR) is 82.7 cm³/mol. The van der Waals surface area contributed by atoms with Crippen LogP contribution in [0.25, 0.3) is 0 Å². The number of amides is 1. The average Bonchev–Trinajstić information content (AvgIpc) is 2.51. The minimum atomic E-state index is -0.520. The summed E-state index contributed by atoms with van der Waals surface area (Å²) < 4.78 is 18.6. The zero-order valence-electron chi connectivity index (χ0n) is 12.4. The molecule has 0 aliphatic rings. The van der Waals surface area contributed by atoms with Crippen LogP contribution in [0, 0.1) is 5.82 Å². The zero-order chi connectivity index (χ0) is 15.9. The van der Waals surface area contributed by atoms with Crippen LogP contribution in [0.3, 0.4) is 0 Å². The van der Waals surface area contributed by atoms with Crippen molar-refractivity contribution >= 4 is 5.91 Å². The van der Waals surface area contributed by atoms with Gasteiger partial charge < -0.3 is 15.8 Å². The van der Waals surface area contributed by atoms with Crippen molar-refractivity contribution in [2.45, 2.75) is 26.1 Å². The van der Waals surface area contributed by atoms with Gasteiger partial charge in [-0.3, -0.25) is 4.79 Å². The molecule has 3 N–H and O–H groups in total. The third-order valence-electron chi connectivity index (χ3n) is 3.10. The Hall–Kier alpha value is -2.40. The largest absolute Gasteiger partial charge is 0.489 e. The lowest BCUT2D eigenvalue weighted by Gasteiger charge is -2.09. The molecule has 0 aliphatic heterocycles. The van der Waals surface area contributed by atoms with Gasteiger partial charge >= 0.3 is 0 Å². The lowest BCUT2D eigenvalue weighted by Crippen LogP contribution is -2.37. The second-order valence-corrected chi connectivity index (χ2v) is 5.07. The van der Waals surface area contributed by atoms with Crippen LogP contribution in [0.4, 0.5) is 4.39 Å². The molecule has 4 nitrogen and oxygen atoms in total. The van der Waals surface area contributed by atoms with Crippen molar-refractivity contribution in [3.63, 3.8) is 0 Å². The van der Waals surface area contributed by atoms with E-state index in [2.05, 4.69) is 5.32 Å². The van der Waals surface area contributed by atoms with Crippen molar-refractivity contribution in [2.24, 2.45) is 5.73 Å². The van der Waals surface area contributed by atoms with Crippen LogP contribution in [0.5, 0.6) is 5.75 Å². The summed E-state index contributed by atoms with van der Waals surface area (Å²) in [6.07, 6.45) is 0. The lowest BCUT2D eigenvalue weighted by molar-refractivity contribution is -0.122. The first-order chi connectivity index (χ1) is 10.5. The topological polar surface area (TPSA) is 64.4 Å². The van der Waals surface area contributed by atoms with Crippen LogP contribution in [0.15, 0.2) is 48.5 Å². The number of ether oxygens (including phenoxy) is 1. The quantitative estimate of drug-likeness (QED) is 0.861. The van der Waals surface area contributed by atoms with E-state index >= 15 is 0 Å². The van der Waals surface area contributed by atoms with E-state index in [9.17, 15) is 9.18 Å². The van der Waals surface area contributed by atoms with Crippen molar-refractivity contribution in [2.75, 3.05) is 0 Å². The van der Waals surface area contributed by atoms with E-state index in [1.54, 1.807) is 19.1 Å². The highest BCUT2D eigenvalue weighted by Gasteiger charge is 2.06. The molecule has 0 heterocycles. The summed E-state index contributed by atoms with van der Waals surface area (Å²) in [5.74, 6) is 0.222. The second kappa shape index (κ2) is 7.56. The molecule has 1 amide bonds. The fraction of sp³-hybridized carbons (Fsp3) is 0.235. The highest BCUT2D eigenvalue weighted by atomic mass is 19.1. The number of carbonyl (C=O) groups is 1. The van der Waals surface area contributed by atoms with Crippen LogP contribution in [-0.2, 0) is 17.9 Å². The molecule has 5 heteroatoms. The van der Waals surface area contributed by atoms with Gasteiger partial charge in [0.25, 0.3) is 0 Å². The predicted octanol–water partition coefficient (Wildman–Crippen LogP) is 2.37. The first-order valence-corrected chi connectivity index (χ1v) is 7.04. The average molecular weight is 302 g/mol. The van der Waals surface area contributed by atoms with Gasteiger partial charge in [-0.05, 0) is 42.3 Å². The van der Waals surface area contributed by atoms with Gasteiger partial charge in [0.05, 0.1) is 6.04 Å². The maximum atomic E-state index is 13.1. The van der Waals surface area contributed by atoms with E-state index in [1.165, 1.54) is 12.1 Å². The van der Waals surface area contributed by atoms with Gasteiger partial charge in [0.2, 0.25) is 5.91 Å². The van der Waals surface area contributed by atoms with Crippen molar-refractivity contribution in [3.05, 3.63) is 65.5 Å². The molecule has 1 atom stereocenters. The number of nitrogens with two attached hydrogens (primary N) is 1. The van der Waals surface area contributed by atoms with Crippen molar-refractivity contribution in [1.82, 2.24) is 5.32 Å². The Kier molecular flexibility index (Phi) is 5.49. The molecular formula is C17H19FN2O2. The van der Waals surface area contributed by atoms with E-state index in [1.807, 2.05) is 24.3 Å². The van der Waals surface area contributed by atoms with Crippen molar-refractivity contribution in [3.8, 4) is 5.75 Å². The van der Waals surface area contributed by atoms with Crippen LogP contribution in [0.1, 0.15) is 18.1 Å². The SMILES string of the molecule is C[C@H](N)C(=O)NCc1ccc(OCc2cccc(F)c2)cc1. The molecule has 22 heavy (non-hydrogen) atoms. The number of halogens is 1. The van der Waals surface area contributed by atoms with Gasteiger partial charge in [-0.25, -0.2) is 4.39 Å². The minimum absolute atomic E-state index is 0.188. The molecule has 2 aromatic carbocycles. The standard InChI is InChI=1S/C17H19FN2O2/c1-12(19)17(21)20-10-13-5-7-16(8-6-13)22-11-14-3-2-4-15(18)9-14/h2-9,12H,10-11,19H2,1H3,(H,20,21)/t12-/m0/s1. The number of carbonyl (C=O) groups excluding carboxylic acids is 1. The summed E-state index contributed by atoms with van der Waals surface area (Å²) >= 11 is 0. The molecule has 0 bridgehead atoms. The minimum Gasteiger partial charge on any atom is -0.489 e. The Morgan fingerprint density at radius 3 is 2.59 bits per heavy atom. The maximum Gasteiger partial charge on any atom is 0.236 e. The molecule has 2 aromatic rings. The molecule has 0 spiro atoms. The number of rotatable bonds is 6. The van der Waals surface area contributed by atoms with E-state index < -0.39 is 6.04 Å². The molecule has 0 saturated heterocycles. The Balaban J connectivity index is 1.85. The monoisotopic (exact) mass is 302 g/mol. The van der Waals surface area contributed by atoms with Crippen molar-refractivity contribution < 1.29 is 13.9 Å². The lowest BCUT2D eigenvalue weighted by atomic mass is 10.2. The fourth-order valence-electron chi connectivity index (χ4n) is 1.85. The molecule has 0 unspecified atom stereocenters. The molecular weight excluding hydrogens is 283 g/mol. The normalized spacial score (nSPS) is 11.8. The summed E-state index contributed by atoms with van der Waals surface area (Å²) in [5.41, 5.74) is 7.19. The van der Waals surface area contributed by atoms with Crippen LogP contribution < -0.4 is 15.8 Å². The molecule has 0 aliphatic carbocycles. The summed E-state index contributed by atoms with van der Waals surface area (Å²) in [6.45, 7) is 2.36. The molecule has 116 valence electrons. The second-order valence-electron chi connectivity index (χ2n) is 5.07. The van der Waals surface area contributed by atoms with E-state index in [0.29, 0.717) is 18.9 Å². The van der Waals surface area contributed by atoms with Crippen LogP contribution in [0.2, 0.25) is 0 Å². The van der Waals surface area contributed by atoms with Gasteiger partial charge in [0.1, 0.15) is 18.2 Å². The van der Waals surface area contributed by atoms with Gasteiger partial charge in [-0.15, -0.1) is 0 Å². The maximum absolute atomic E-state index is 13.1. The first kappa shape index (κ1) is 16.0. The number of hydrogen-bond donors (Lipinski definition) is 2. The smallest absolute Gasteiger partial charge is 0.236 e. The van der Waals surface area contributed by atoms with E-state index in [-0.39, 0.29) is 11.7 Å². The van der Waals surface area contributed by atoms with E-state index in [0.717, 1.165) is 11.1 Å². The molecule has 0 radical (unpaired) electrons. The molecule has 0 fully saturated rings. The Morgan fingerprint density at radius 2 is 1.95 bits per heavy atom. The van der Waals surface area contributed by atoms with Gasteiger partial charge in [-0.2, -0.15) is 0 Å². The number of nitrogens with one attached hydrogen (secondary N) is 1. The molecule has 2 rings (SSSR count). The molecule has 0 saturated carbocycles. The summed E-state index contributed by atoms with van der Waals surface area (Å²) in [7, 11) is 0. The summed E-state index contributed by atoms with van der Waals surface area (Å²) in [6, 6.07) is 13.1.